The minimum absolute atomic E-state index is 0.00424. The zero-order valence-corrected chi connectivity index (χ0v) is 15.1. The fourth-order valence-corrected chi connectivity index (χ4v) is 3.19. The molecular weight excluding hydrogens is 357 g/mol. The Kier molecular flexibility index (Phi) is 7.72. The highest BCUT2D eigenvalue weighted by molar-refractivity contribution is 7.99. The van der Waals surface area contributed by atoms with Crippen LogP contribution in [0.5, 0.6) is 0 Å². The number of hydrogen-bond acceptors (Lipinski definition) is 4. The average Bonchev–Trinajstić information content (AvgIpc) is 2.50. The van der Waals surface area contributed by atoms with E-state index in [1.165, 1.54) is 30.9 Å². The second-order valence-corrected chi connectivity index (χ2v) is 7.20. The molecule has 0 saturated heterocycles. The van der Waals surface area contributed by atoms with Crippen molar-refractivity contribution >= 4 is 23.4 Å². The number of carbonyl (C=O) groups excluding carboxylic acids is 1. The van der Waals surface area contributed by atoms with Crippen molar-refractivity contribution in [1.82, 2.24) is 4.90 Å². The zero-order valence-electron chi connectivity index (χ0n) is 14.3. The number of amides is 1. The van der Waals surface area contributed by atoms with Gasteiger partial charge in [-0.2, -0.15) is 13.2 Å². The van der Waals surface area contributed by atoms with Crippen molar-refractivity contribution in [2.45, 2.75) is 37.8 Å². The second kappa shape index (κ2) is 9.07. The second-order valence-electron chi connectivity index (χ2n) is 6.06. The molecule has 0 fully saturated rings. The number of nitrogens with zero attached hydrogens (tertiary/aromatic N) is 2. The number of rotatable bonds is 8. The van der Waals surface area contributed by atoms with Gasteiger partial charge >= 0.3 is 6.18 Å². The molecule has 0 atom stereocenters. The predicted octanol–water partition coefficient (Wildman–Crippen LogP) is 4.76. The van der Waals surface area contributed by atoms with Gasteiger partial charge in [0.15, 0.2) is 0 Å². The van der Waals surface area contributed by atoms with Gasteiger partial charge < -0.3 is 4.90 Å². The molecule has 0 spiro atoms. The van der Waals surface area contributed by atoms with Gasteiger partial charge in [0.2, 0.25) is 0 Å². The van der Waals surface area contributed by atoms with Crippen LogP contribution in [0.15, 0.2) is 23.1 Å². The van der Waals surface area contributed by atoms with Gasteiger partial charge in [-0.3, -0.25) is 14.9 Å². The average molecular weight is 378 g/mol. The van der Waals surface area contributed by atoms with Crippen LogP contribution in [0.4, 0.5) is 18.9 Å². The zero-order chi connectivity index (χ0) is 19.2. The molecule has 0 heterocycles. The molecule has 1 amide bonds. The van der Waals surface area contributed by atoms with E-state index in [-0.39, 0.29) is 11.3 Å². The van der Waals surface area contributed by atoms with Crippen LogP contribution in [0.1, 0.15) is 37.0 Å². The van der Waals surface area contributed by atoms with E-state index in [4.69, 9.17) is 0 Å². The normalized spacial score (nSPS) is 11.6. The Bertz CT molecular complexity index is 621. The van der Waals surface area contributed by atoms with Crippen LogP contribution in [0.2, 0.25) is 0 Å². The molecule has 5 nitrogen and oxygen atoms in total. The molecule has 9 heteroatoms. The molecule has 25 heavy (non-hydrogen) atoms. The summed E-state index contributed by atoms with van der Waals surface area (Å²) in [7, 11) is 1.24. The van der Waals surface area contributed by atoms with Crippen LogP contribution in [-0.4, -0.2) is 41.3 Å². The van der Waals surface area contributed by atoms with Crippen molar-refractivity contribution in [2.24, 2.45) is 5.92 Å². The Morgan fingerprint density at radius 1 is 1.36 bits per heavy atom. The van der Waals surface area contributed by atoms with Crippen LogP contribution < -0.4 is 0 Å². The van der Waals surface area contributed by atoms with Gasteiger partial charge in [0.1, 0.15) is 0 Å². The number of alkyl halides is 3. The van der Waals surface area contributed by atoms with Crippen LogP contribution in [-0.2, 0) is 0 Å². The number of benzene rings is 1. The summed E-state index contributed by atoms with van der Waals surface area (Å²) in [6.07, 6.45) is -4.60. The molecule has 0 aromatic heterocycles. The lowest BCUT2D eigenvalue weighted by Gasteiger charge is -2.18. The number of nitro groups is 1. The first-order chi connectivity index (χ1) is 11.5. The van der Waals surface area contributed by atoms with E-state index >= 15 is 0 Å². The first kappa shape index (κ1) is 21.3. The van der Waals surface area contributed by atoms with Gasteiger partial charge in [-0.05, 0) is 30.2 Å². The Morgan fingerprint density at radius 2 is 2.00 bits per heavy atom. The van der Waals surface area contributed by atoms with Crippen molar-refractivity contribution in [2.75, 3.05) is 19.3 Å². The maximum atomic E-state index is 12.2. The summed E-state index contributed by atoms with van der Waals surface area (Å²) >= 11 is 1.33. The lowest BCUT2D eigenvalue weighted by atomic mass is 10.1. The summed E-state index contributed by atoms with van der Waals surface area (Å²) in [5, 5.41) is 11.2. The van der Waals surface area contributed by atoms with Gasteiger partial charge in [0.05, 0.1) is 16.2 Å². The maximum Gasteiger partial charge on any atom is 0.390 e. The van der Waals surface area contributed by atoms with Gasteiger partial charge in [0.25, 0.3) is 11.6 Å². The third-order valence-corrected chi connectivity index (χ3v) is 4.53. The van der Waals surface area contributed by atoms with Gasteiger partial charge in [-0.1, -0.05) is 13.8 Å². The van der Waals surface area contributed by atoms with Gasteiger partial charge in [-0.15, -0.1) is 11.8 Å². The molecule has 0 aliphatic rings. The highest BCUT2D eigenvalue weighted by Crippen LogP contribution is 2.31. The van der Waals surface area contributed by atoms with E-state index in [1.54, 1.807) is 0 Å². The quantitative estimate of drug-likeness (QED) is 0.372. The topological polar surface area (TPSA) is 63.5 Å². The monoisotopic (exact) mass is 378 g/mol. The Labute approximate surface area is 148 Å². The predicted molar refractivity (Wildman–Crippen MR) is 90.9 cm³/mol. The highest BCUT2D eigenvalue weighted by Gasteiger charge is 2.28. The van der Waals surface area contributed by atoms with E-state index in [9.17, 15) is 28.1 Å². The molecule has 0 radical (unpaired) electrons. The number of halogens is 3. The van der Waals surface area contributed by atoms with E-state index < -0.39 is 30.0 Å². The Balaban J connectivity index is 2.89. The summed E-state index contributed by atoms with van der Waals surface area (Å²) in [5.74, 6) is 0.498. The molecule has 0 bridgehead atoms. The van der Waals surface area contributed by atoms with Crippen LogP contribution in [0.3, 0.4) is 0 Å². The molecule has 1 rings (SSSR count). The van der Waals surface area contributed by atoms with Crippen molar-refractivity contribution in [3.63, 3.8) is 0 Å². The fourth-order valence-electron chi connectivity index (χ4n) is 1.94. The van der Waals surface area contributed by atoms with Crippen molar-refractivity contribution in [3.05, 3.63) is 33.9 Å². The van der Waals surface area contributed by atoms with Crippen LogP contribution in [0, 0.1) is 16.0 Å². The van der Waals surface area contributed by atoms with Gasteiger partial charge in [0, 0.05) is 25.2 Å². The Hall–Kier alpha value is -1.77. The number of thioether (sulfide) groups is 1. The fraction of sp³-hybridized carbons (Fsp3) is 0.562. The van der Waals surface area contributed by atoms with Crippen LogP contribution >= 0.6 is 11.8 Å². The summed E-state index contributed by atoms with van der Waals surface area (Å²) in [4.78, 5) is 24.2. The lowest BCUT2D eigenvalue weighted by Crippen LogP contribution is -2.30. The SMILES string of the molecule is CC(C)CCSc1ccc(C(=O)N(C)CCC(F)(F)F)cc1[N+](=O)[O-]. The summed E-state index contributed by atoms with van der Waals surface area (Å²) in [6.45, 7) is 3.60. The van der Waals surface area contributed by atoms with Crippen molar-refractivity contribution < 1.29 is 22.9 Å². The minimum atomic E-state index is -4.36. The molecule has 0 aliphatic carbocycles. The number of nitro benzene ring substituents is 1. The molecule has 0 aliphatic heterocycles. The standard InChI is InChI=1S/C16H21F3N2O3S/c1-11(2)6-9-25-14-5-4-12(10-13(14)21(23)24)15(22)20(3)8-7-16(17,18)19/h4-5,10-11H,6-9H2,1-3H3. The summed E-state index contributed by atoms with van der Waals surface area (Å²) < 4.78 is 36.7. The molecule has 0 saturated carbocycles. The molecule has 140 valence electrons. The highest BCUT2D eigenvalue weighted by atomic mass is 32.2. The van der Waals surface area contributed by atoms with Gasteiger partial charge in [-0.25, -0.2) is 0 Å². The first-order valence-corrected chi connectivity index (χ1v) is 8.73. The van der Waals surface area contributed by atoms with Crippen LogP contribution in [0.25, 0.3) is 0 Å². The number of hydrogen-bond donors (Lipinski definition) is 0. The maximum absolute atomic E-state index is 12.2. The van der Waals surface area contributed by atoms with E-state index in [2.05, 4.69) is 0 Å². The minimum Gasteiger partial charge on any atom is -0.341 e. The number of carbonyl (C=O) groups is 1. The smallest absolute Gasteiger partial charge is 0.341 e. The third-order valence-electron chi connectivity index (χ3n) is 3.43. The molecule has 1 aromatic rings. The van der Waals surface area contributed by atoms with E-state index in [1.807, 2.05) is 13.8 Å². The first-order valence-electron chi connectivity index (χ1n) is 7.74. The van der Waals surface area contributed by atoms with Crippen molar-refractivity contribution in [3.8, 4) is 0 Å². The van der Waals surface area contributed by atoms with E-state index in [0.29, 0.717) is 16.6 Å². The van der Waals surface area contributed by atoms with E-state index in [0.717, 1.165) is 17.4 Å². The van der Waals surface area contributed by atoms with Crippen molar-refractivity contribution in [1.29, 1.82) is 0 Å². The summed E-state index contributed by atoms with van der Waals surface area (Å²) in [5.41, 5.74) is -0.201. The summed E-state index contributed by atoms with van der Waals surface area (Å²) in [6, 6.07) is 4.02. The lowest BCUT2D eigenvalue weighted by molar-refractivity contribution is -0.387. The third kappa shape index (κ3) is 7.33. The molecular formula is C16H21F3N2O3S. The Morgan fingerprint density at radius 3 is 2.52 bits per heavy atom. The molecule has 0 unspecified atom stereocenters. The molecule has 0 N–H and O–H groups in total. The largest absolute Gasteiger partial charge is 0.390 e. The molecule has 1 aromatic carbocycles.